The molecule has 1 unspecified atom stereocenters. The molecule has 3 aliphatic rings. The average Bonchev–Trinajstić information content (AvgIpc) is 3.04. The normalized spacial score (nSPS) is 36.8. The number of fused-ring (bicyclic) bond motifs is 1. The molecule has 3 fully saturated rings. The van der Waals surface area contributed by atoms with Gasteiger partial charge in [-0.3, -0.25) is 5.26 Å². The SMILES string of the molecule is C=C1CC[C@H](OO)CC1=CC=C1CCC[C@@]2(C)C1CC[C@@H]2[C@H](C)CCCC(C)C. The second-order valence-electron chi connectivity index (χ2n) is 10.9. The number of rotatable bonds is 7. The van der Waals surface area contributed by atoms with Gasteiger partial charge in [0, 0.05) is 6.42 Å². The van der Waals surface area contributed by atoms with Crippen LogP contribution in [-0.4, -0.2) is 11.4 Å². The molecule has 3 aliphatic carbocycles. The Hall–Kier alpha value is -0.860. The number of hydrogen-bond donors (Lipinski definition) is 1. The van der Waals surface area contributed by atoms with E-state index in [-0.39, 0.29) is 6.10 Å². The molecule has 0 aromatic carbocycles. The van der Waals surface area contributed by atoms with Crippen molar-refractivity contribution in [2.75, 3.05) is 0 Å². The van der Waals surface area contributed by atoms with Crippen molar-refractivity contribution < 1.29 is 10.1 Å². The number of allylic oxidation sites excluding steroid dienone is 4. The van der Waals surface area contributed by atoms with Gasteiger partial charge in [0.15, 0.2) is 0 Å². The Morgan fingerprint density at radius 2 is 1.93 bits per heavy atom. The van der Waals surface area contributed by atoms with E-state index < -0.39 is 0 Å². The zero-order chi connectivity index (χ0) is 21.0. The van der Waals surface area contributed by atoms with Gasteiger partial charge in [-0.1, -0.05) is 76.8 Å². The van der Waals surface area contributed by atoms with Gasteiger partial charge in [0.1, 0.15) is 0 Å². The van der Waals surface area contributed by atoms with E-state index in [1.807, 2.05) is 0 Å². The molecule has 3 rings (SSSR count). The fourth-order valence-electron chi connectivity index (χ4n) is 6.73. The Balaban J connectivity index is 1.70. The molecular weight excluding hydrogens is 356 g/mol. The third-order valence-corrected chi connectivity index (χ3v) is 8.48. The van der Waals surface area contributed by atoms with Gasteiger partial charge in [-0.15, -0.1) is 0 Å². The van der Waals surface area contributed by atoms with Crippen molar-refractivity contribution in [2.24, 2.45) is 29.1 Å². The van der Waals surface area contributed by atoms with E-state index in [9.17, 15) is 0 Å². The molecule has 0 aromatic rings. The smallest absolute Gasteiger partial charge is 0.0970 e. The van der Waals surface area contributed by atoms with Crippen molar-refractivity contribution in [3.05, 3.63) is 35.5 Å². The van der Waals surface area contributed by atoms with Crippen molar-refractivity contribution >= 4 is 0 Å². The summed E-state index contributed by atoms with van der Waals surface area (Å²) in [6, 6.07) is 0. The lowest BCUT2D eigenvalue weighted by Crippen LogP contribution is -2.36. The zero-order valence-electron chi connectivity index (χ0n) is 19.4. The van der Waals surface area contributed by atoms with Crippen LogP contribution in [0.1, 0.15) is 98.3 Å². The van der Waals surface area contributed by atoms with Crippen LogP contribution in [0, 0.1) is 29.1 Å². The van der Waals surface area contributed by atoms with Gasteiger partial charge >= 0.3 is 0 Å². The van der Waals surface area contributed by atoms with Gasteiger partial charge in [-0.05, 0) is 79.6 Å². The highest BCUT2D eigenvalue weighted by molar-refractivity contribution is 5.36. The first-order chi connectivity index (χ1) is 13.8. The van der Waals surface area contributed by atoms with Gasteiger partial charge in [0.2, 0.25) is 0 Å². The number of hydrogen-bond acceptors (Lipinski definition) is 2. The summed E-state index contributed by atoms with van der Waals surface area (Å²) < 4.78 is 0. The highest BCUT2D eigenvalue weighted by Gasteiger charge is 2.50. The van der Waals surface area contributed by atoms with Crippen LogP contribution in [0.5, 0.6) is 0 Å². The van der Waals surface area contributed by atoms with Gasteiger partial charge in [-0.2, -0.15) is 0 Å². The van der Waals surface area contributed by atoms with E-state index in [0.29, 0.717) is 5.41 Å². The lowest BCUT2D eigenvalue weighted by Gasteiger charge is -2.44. The lowest BCUT2D eigenvalue weighted by molar-refractivity contribution is -0.280. The quantitative estimate of drug-likeness (QED) is 0.345. The second-order valence-corrected chi connectivity index (χ2v) is 10.9. The molecule has 0 bridgehead atoms. The molecule has 0 saturated heterocycles. The summed E-state index contributed by atoms with van der Waals surface area (Å²) >= 11 is 0. The minimum absolute atomic E-state index is 0.0654. The lowest BCUT2D eigenvalue weighted by atomic mass is 9.60. The maximum Gasteiger partial charge on any atom is 0.0970 e. The largest absolute Gasteiger partial charge is 0.252 e. The fraction of sp³-hybridized carbons (Fsp3) is 0.778. The van der Waals surface area contributed by atoms with E-state index in [1.54, 1.807) is 5.57 Å². The fourth-order valence-corrected chi connectivity index (χ4v) is 6.73. The van der Waals surface area contributed by atoms with Crippen molar-refractivity contribution in [3.63, 3.8) is 0 Å². The van der Waals surface area contributed by atoms with Gasteiger partial charge in [0.25, 0.3) is 0 Å². The molecule has 29 heavy (non-hydrogen) atoms. The van der Waals surface area contributed by atoms with E-state index in [1.165, 1.54) is 62.5 Å². The van der Waals surface area contributed by atoms with E-state index in [4.69, 9.17) is 5.26 Å². The molecular formula is C27H44O2. The van der Waals surface area contributed by atoms with Crippen molar-refractivity contribution in [3.8, 4) is 0 Å². The summed E-state index contributed by atoms with van der Waals surface area (Å²) in [5.74, 6) is 3.32. The Morgan fingerprint density at radius 3 is 2.66 bits per heavy atom. The molecule has 0 aliphatic heterocycles. The molecule has 0 aromatic heterocycles. The predicted molar refractivity (Wildman–Crippen MR) is 123 cm³/mol. The second kappa shape index (κ2) is 9.96. The first-order valence-corrected chi connectivity index (χ1v) is 12.2. The van der Waals surface area contributed by atoms with Crippen LogP contribution in [0.2, 0.25) is 0 Å². The minimum atomic E-state index is -0.0654. The van der Waals surface area contributed by atoms with Gasteiger partial charge in [0.05, 0.1) is 6.10 Å². The molecule has 0 spiro atoms. The molecule has 5 atom stereocenters. The summed E-state index contributed by atoms with van der Waals surface area (Å²) in [6.07, 6.45) is 18.2. The Labute approximate surface area is 179 Å². The van der Waals surface area contributed by atoms with E-state index in [0.717, 1.165) is 42.9 Å². The van der Waals surface area contributed by atoms with Crippen LogP contribution in [-0.2, 0) is 4.89 Å². The Bertz CT molecular complexity index is 628. The monoisotopic (exact) mass is 400 g/mol. The zero-order valence-corrected chi connectivity index (χ0v) is 19.4. The molecule has 0 radical (unpaired) electrons. The summed E-state index contributed by atoms with van der Waals surface area (Å²) in [7, 11) is 0. The molecule has 164 valence electrons. The average molecular weight is 401 g/mol. The van der Waals surface area contributed by atoms with Crippen molar-refractivity contribution in [2.45, 2.75) is 104 Å². The van der Waals surface area contributed by atoms with E-state index >= 15 is 0 Å². The van der Waals surface area contributed by atoms with Crippen molar-refractivity contribution in [1.82, 2.24) is 0 Å². The Morgan fingerprint density at radius 1 is 1.14 bits per heavy atom. The van der Waals surface area contributed by atoms with Crippen LogP contribution in [0.15, 0.2) is 35.5 Å². The maximum absolute atomic E-state index is 9.07. The minimum Gasteiger partial charge on any atom is -0.252 e. The third-order valence-electron chi connectivity index (χ3n) is 8.48. The summed E-state index contributed by atoms with van der Waals surface area (Å²) in [4.78, 5) is 4.63. The molecule has 3 saturated carbocycles. The highest BCUT2D eigenvalue weighted by atomic mass is 17.1. The summed E-state index contributed by atoms with van der Waals surface area (Å²) in [5.41, 5.74) is 4.65. The summed E-state index contributed by atoms with van der Waals surface area (Å²) in [6.45, 7) is 14.1. The van der Waals surface area contributed by atoms with Crippen LogP contribution in [0.3, 0.4) is 0 Å². The van der Waals surface area contributed by atoms with Crippen LogP contribution in [0.4, 0.5) is 0 Å². The first-order valence-electron chi connectivity index (χ1n) is 12.2. The topological polar surface area (TPSA) is 29.5 Å². The van der Waals surface area contributed by atoms with Gasteiger partial charge < -0.3 is 0 Å². The summed E-state index contributed by atoms with van der Waals surface area (Å²) in [5, 5.41) is 9.07. The standard InChI is InChI=1S/C27H44O2/c1-19(2)8-6-9-21(4)25-15-16-26-22(10-7-17-27(25,26)5)12-13-23-18-24(29-28)14-11-20(23)3/h12-13,19,21,24-26,28H,3,6-11,14-18H2,1-2,4-5H3/t21-,24+,25-,26?,27-/m1/s1. The van der Waals surface area contributed by atoms with Crippen LogP contribution < -0.4 is 0 Å². The van der Waals surface area contributed by atoms with Gasteiger partial charge in [-0.25, -0.2) is 4.89 Å². The third kappa shape index (κ3) is 5.25. The predicted octanol–water partition coefficient (Wildman–Crippen LogP) is 8.12. The maximum atomic E-state index is 9.07. The Kier molecular flexibility index (Phi) is 7.84. The highest BCUT2D eigenvalue weighted by Crippen LogP contribution is 2.59. The molecule has 1 N–H and O–H groups in total. The molecule has 0 amide bonds. The van der Waals surface area contributed by atoms with E-state index in [2.05, 4.69) is 51.3 Å². The van der Waals surface area contributed by atoms with Crippen molar-refractivity contribution in [1.29, 1.82) is 0 Å². The first kappa shape index (κ1) is 22.8. The molecule has 2 heteroatoms. The molecule has 2 nitrogen and oxygen atoms in total. The van der Waals surface area contributed by atoms with Crippen LogP contribution in [0.25, 0.3) is 0 Å². The molecule has 0 heterocycles. The van der Waals surface area contributed by atoms with Crippen LogP contribution >= 0.6 is 0 Å².